The van der Waals surface area contributed by atoms with Gasteiger partial charge in [-0.3, -0.25) is 15.0 Å². The van der Waals surface area contributed by atoms with Crippen LogP contribution >= 0.6 is 0 Å². The largest absolute Gasteiger partial charge is 0.348 e. The molecule has 0 fully saturated rings. The van der Waals surface area contributed by atoms with Crippen molar-refractivity contribution in [2.75, 3.05) is 6.54 Å². The van der Waals surface area contributed by atoms with Crippen molar-refractivity contribution in [3.63, 3.8) is 0 Å². The highest BCUT2D eigenvalue weighted by Crippen LogP contribution is 2.36. The average Bonchev–Trinajstić information content (AvgIpc) is 2.80. The Morgan fingerprint density at radius 2 is 1.10 bits per heavy atom. The van der Waals surface area contributed by atoms with E-state index in [-0.39, 0.29) is 0 Å². The van der Waals surface area contributed by atoms with Crippen LogP contribution in [0.15, 0.2) is 91.0 Å². The molecule has 3 aromatic carbocycles. The van der Waals surface area contributed by atoms with E-state index < -0.39 is 17.4 Å². The monoisotopic (exact) mass is 387 g/mol. The number of hydrogen-bond acceptors (Lipinski definition) is 3. The maximum Gasteiger partial charge on any atom is 0.323 e. The van der Waals surface area contributed by atoms with Crippen molar-refractivity contribution >= 4 is 11.8 Å². The third-order valence-electron chi connectivity index (χ3n) is 4.73. The first kappa shape index (κ1) is 20.3. The summed E-state index contributed by atoms with van der Waals surface area (Å²) in [5, 5.41) is 2.60. The molecule has 5 heteroatoms. The van der Waals surface area contributed by atoms with Crippen molar-refractivity contribution in [3.05, 3.63) is 108 Å². The second-order valence-electron chi connectivity index (χ2n) is 6.68. The Morgan fingerprint density at radius 1 is 0.690 bits per heavy atom. The van der Waals surface area contributed by atoms with Gasteiger partial charge in [0.05, 0.1) is 0 Å². The molecule has 0 saturated carbocycles. The first-order valence-electron chi connectivity index (χ1n) is 9.70. The van der Waals surface area contributed by atoms with Crippen LogP contribution in [0.5, 0.6) is 0 Å². The smallest absolute Gasteiger partial charge is 0.323 e. The predicted molar refractivity (Wildman–Crippen MR) is 114 cm³/mol. The lowest BCUT2D eigenvalue weighted by atomic mass is 9.77. The van der Waals surface area contributed by atoms with Gasteiger partial charge in [0.15, 0.2) is 0 Å². The minimum Gasteiger partial charge on any atom is -0.348 e. The van der Waals surface area contributed by atoms with Crippen molar-refractivity contribution in [2.45, 2.75) is 18.9 Å². The summed E-state index contributed by atoms with van der Waals surface area (Å²) in [6, 6.07) is 29.5. The Balaban J connectivity index is 2.06. The molecule has 3 N–H and O–H groups in total. The van der Waals surface area contributed by atoms with Gasteiger partial charge in [-0.2, -0.15) is 0 Å². The highest BCUT2D eigenvalue weighted by molar-refractivity contribution is 6.34. The molecule has 29 heavy (non-hydrogen) atoms. The minimum absolute atomic E-state index is 0.452. The number of benzene rings is 3. The van der Waals surface area contributed by atoms with Gasteiger partial charge in [-0.1, -0.05) is 97.9 Å². The SMILES string of the molecule is CCCNC(=O)C(=O)NNC(c1ccccc1)(c1ccccc1)c1ccccc1. The lowest BCUT2D eigenvalue weighted by Gasteiger charge is -2.36. The van der Waals surface area contributed by atoms with E-state index in [0.717, 1.165) is 23.1 Å². The molecule has 0 spiro atoms. The van der Waals surface area contributed by atoms with Crippen molar-refractivity contribution in [2.24, 2.45) is 0 Å². The fourth-order valence-corrected chi connectivity index (χ4v) is 3.31. The van der Waals surface area contributed by atoms with Crippen LogP contribution in [0.1, 0.15) is 30.0 Å². The molecule has 0 aromatic heterocycles. The van der Waals surface area contributed by atoms with Crippen molar-refractivity contribution in [1.29, 1.82) is 0 Å². The van der Waals surface area contributed by atoms with E-state index in [1.165, 1.54) is 0 Å². The summed E-state index contributed by atoms with van der Waals surface area (Å²) in [5.74, 6) is -1.40. The minimum atomic E-state index is -0.871. The number of carbonyl (C=O) groups excluding carboxylic acids is 2. The van der Waals surface area contributed by atoms with E-state index in [1.807, 2.05) is 97.9 Å². The maximum atomic E-state index is 12.4. The molecule has 0 unspecified atom stereocenters. The first-order valence-corrected chi connectivity index (χ1v) is 9.70. The molecule has 0 atom stereocenters. The van der Waals surface area contributed by atoms with E-state index in [2.05, 4.69) is 16.2 Å². The van der Waals surface area contributed by atoms with Crippen LogP contribution in [0, 0.1) is 0 Å². The zero-order valence-electron chi connectivity index (χ0n) is 16.4. The molecule has 0 aliphatic carbocycles. The summed E-state index contributed by atoms with van der Waals surface area (Å²) in [6.07, 6.45) is 0.758. The maximum absolute atomic E-state index is 12.4. The fraction of sp³-hybridized carbons (Fsp3) is 0.167. The molecule has 5 nitrogen and oxygen atoms in total. The van der Waals surface area contributed by atoms with Crippen molar-refractivity contribution < 1.29 is 9.59 Å². The standard InChI is InChI=1S/C24H25N3O2/c1-2-18-25-22(28)23(29)26-27-24(19-12-6-3-7-13-19,20-14-8-4-9-15-20)21-16-10-5-11-17-21/h3-17,27H,2,18H2,1H3,(H,25,28)(H,26,29). The van der Waals surface area contributed by atoms with Gasteiger partial charge in [-0.05, 0) is 23.1 Å². The molecule has 3 aromatic rings. The number of carbonyl (C=O) groups is 2. The van der Waals surface area contributed by atoms with Gasteiger partial charge < -0.3 is 5.32 Å². The van der Waals surface area contributed by atoms with Crippen LogP contribution in [0.2, 0.25) is 0 Å². The van der Waals surface area contributed by atoms with Crippen molar-refractivity contribution in [3.8, 4) is 0 Å². The third-order valence-corrected chi connectivity index (χ3v) is 4.73. The van der Waals surface area contributed by atoms with Gasteiger partial charge >= 0.3 is 11.8 Å². The predicted octanol–water partition coefficient (Wildman–Crippen LogP) is 3.13. The zero-order chi connectivity index (χ0) is 20.5. The van der Waals surface area contributed by atoms with E-state index in [9.17, 15) is 9.59 Å². The van der Waals surface area contributed by atoms with Gasteiger partial charge in [0.1, 0.15) is 5.54 Å². The van der Waals surface area contributed by atoms with Crippen LogP contribution in [0.25, 0.3) is 0 Å². The number of hydrogen-bond donors (Lipinski definition) is 3. The summed E-state index contributed by atoms with van der Waals surface area (Å²) in [4.78, 5) is 24.5. The zero-order valence-corrected chi connectivity index (χ0v) is 16.4. The molecule has 0 radical (unpaired) electrons. The van der Waals surface area contributed by atoms with Gasteiger partial charge in [-0.15, -0.1) is 0 Å². The van der Waals surface area contributed by atoms with E-state index in [0.29, 0.717) is 6.54 Å². The van der Waals surface area contributed by atoms with Crippen molar-refractivity contribution in [1.82, 2.24) is 16.2 Å². The van der Waals surface area contributed by atoms with Gasteiger partial charge in [0.25, 0.3) is 0 Å². The number of hydrazine groups is 1. The Kier molecular flexibility index (Phi) is 6.76. The topological polar surface area (TPSA) is 70.2 Å². The summed E-state index contributed by atoms with van der Waals surface area (Å²) in [5.41, 5.74) is 7.75. The summed E-state index contributed by atoms with van der Waals surface area (Å²) in [6.45, 7) is 2.38. The molecule has 0 bridgehead atoms. The Morgan fingerprint density at radius 3 is 1.48 bits per heavy atom. The molecule has 0 aliphatic heterocycles. The molecule has 148 valence electrons. The number of rotatable bonds is 7. The Bertz CT molecular complexity index is 831. The lowest BCUT2D eigenvalue weighted by molar-refractivity contribution is -0.140. The van der Waals surface area contributed by atoms with Gasteiger partial charge in [0.2, 0.25) is 0 Å². The molecule has 3 rings (SSSR count). The quantitative estimate of drug-likeness (QED) is 0.331. The molecule has 2 amide bonds. The Hall–Kier alpha value is -3.44. The van der Waals surface area contributed by atoms with Crippen LogP contribution in [0.4, 0.5) is 0 Å². The molecule has 0 aliphatic rings. The number of amides is 2. The molecular formula is C24H25N3O2. The molecular weight excluding hydrogens is 362 g/mol. The van der Waals surface area contributed by atoms with Crippen LogP contribution < -0.4 is 16.2 Å². The van der Waals surface area contributed by atoms with Crippen LogP contribution in [0.3, 0.4) is 0 Å². The molecule has 0 heterocycles. The highest BCUT2D eigenvalue weighted by atomic mass is 16.2. The highest BCUT2D eigenvalue weighted by Gasteiger charge is 2.37. The summed E-state index contributed by atoms with van der Waals surface area (Å²) >= 11 is 0. The fourth-order valence-electron chi connectivity index (χ4n) is 3.31. The second kappa shape index (κ2) is 9.66. The van der Waals surface area contributed by atoms with Crippen LogP contribution in [-0.4, -0.2) is 18.4 Å². The van der Waals surface area contributed by atoms with E-state index >= 15 is 0 Å². The normalized spacial score (nSPS) is 10.9. The van der Waals surface area contributed by atoms with Gasteiger partial charge in [-0.25, -0.2) is 5.43 Å². The van der Waals surface area contributed by atoms with E-state index in [1.54, 1.807) is 0 Å². The molecule has 0 saturated heterocycles. The van der Waals surface area contributed by atoms with Crippen LogP contribution in [-0.2, 0) is 15.1 Å². The third kappa shape index (κ3) is 4.52. The first-order chi connectivity index (χ1) is 14.2. The van der Waals surface area contributed by atoms with Gasteiger partial charge in [0, 0.05) is 6.54 Å². The summed E-state index contributed by atoms with van der Waals surface area (Å²) < 4.78 is 0. The second-order valence-corrected chi connectivity index (χ2v) is 6.68. The number of nitrogens with one attached hydrogen (secondary N) is 3. The van der Waals surface area contributed by atoms with E-state index in [4.69, 9.17) is 0 Å². The summed E-state index contributed by atoms with van der Waals surface area (Å²) in [7, 11) is 0. The Labute approximate surface area is 171 Å². The average molecular weight is 387 g/mol. The lowest BCUT2D eigenvalue weighted by Crippen LogP contribution is -2.56.